The molecule has 1 saturated heterocycles. The molecule has 0 bridgehead atoms. The number of alkyl halides is 3. The van der Waals surface area contributed by atoms with Crippen LogP contribution in [0.4, 0.5) is 13.2 Å². The zero-order chi connectivity index (χ0) is 13.2. The van der Waals surface area contributed by atoms with Gasteiger partial charge in [0.1, 0.15) is 6.04 Å². The highest BCUT2D eigenvalue weighted by molar-refractivity contribution is 9.10. The largest absolute Gasteiger partial charge is 0.408 e. The Hall–Kier alpha value is -0.300. The summed E-state index contributed by atoms with van der Waals surface area (Å²) < 4.78 is 40.4. The van der Waals surface area contributed by atoms with Gasteiger partial charge in [-0.05, 0) is 17.7 Å². The number of rotatable bonds is 2. The highest BCUT2D eigenvalue weighted by Gasteiger charge is 2.44. The fourth-order valence-corrected chi connectivity index (χ4v) is 2.46. The topological polar surface area (TPSA) is 15.3 Å². The van der Waals surface area contributed by atoms with Gasteiger partial charge in [-0.25, -0.2) is 0 Å². The molecule has 0 saturated carbocycles. The molecule has 1 N–H and O–H groups in total. The van der Waals surface area contributed by atoms with Gasteiger partial charge in [-0.3, -0.25) is 4.90 Å². The van der Waals surface area contributed by atoms with E-state index in [4.69, 9.17) is 0 Å². The lowest BCUT2D eigenvalue weighted by atomic mass is 10.0. The number of halogens is 5. The Morgan fingerprint density at radius 1 is 1.11 bits per heavy atom. The third-order valence-corrected chi connectivity index (χ3v) is 3.54. The molecule has 0 aromatic heterocycles. The van der Waals surface area contributed by atoms with Crippen LogP contribution < -0.4 is 5.32 Å². The van der Waals surface area contributed by atoms with Crippen LogP contribution in [-0.2, 0) is 0 Å². The molecule has 1 heterocycles. The van der Waals surface area contributed by atoms with Gasteiger partial charge in [0, 0.05) is 30.7 Å². The lowest BCUT2D eigenvalue weighted by molar-refractivity contribution is -0.187. The standard InChI is InChI=1S/C12H14BrF3N2.ClH/c13-10-3-1-9(2-4-10)11(12(14,15)16)18-7-5-17-6-8-18;/h1-4,11,17H,5-8H2;1H/t11-;/m1./s1. The quantitative estimate of drug-likeness (QED) is 0.871. The van der Waals surface area contributed by atoms with Crippen LogP contribution in [0.15, 0.2) is 28.7 Å². The van der Waals surface area contributed by atoms with Crippen LogP contribution in [0.2, 0.25) is 0 Å². The molecule has 1 aromatic rings. The van der Waals surface area contributed by atoms with Crippen molar-refractivity contribution < 1.29 is 13.2 Å². The first-order chi connectivity index (χ1) is 8.48. The Morgan fingerprint density at radius 2 is 1.63 bits per heavy atom. The van der Waals surface area contributed by atoms with Gasteiger partial charge in [0.2, 0.25) is 0 Å². The van der Waals surface area contributed by atoms with Gasteiger partial charge in [0.15, 0.2) is 0 Å². The zero-order valence-electron chi connectivity index (χ0n) is 10.1. The number of hydrogen-bond donors (Lipinski definition) is 1. The van der Waals surface area contributed by atoms with Crippen molar-refractivity contribution in [1.29, 1.82) is 0 Å². The van der Waals surface area contributed by atoms with Crippen molar-refractivity contribution in [2.24, 2.45) is 0 Å². The molecular weight excluding hydrogens is 344 g/mol. The first-order valence-electron chi connectivity index (χ1n) is 5.75. The second kappa shape index (κ2) is 6.92. The van der Waals surface area contributed by atoms with E-state index >= 15 is 0 Å². The van der Waals surface area contributed by atoms with Crippen LogP contribution in [0.3, 0.4) is 0 Å². The summed E-state index contributed by atoms with van der Waals surface area (Å²) in [6, 6.07) is 4.86. The normalized spacial score (nSPS) is 18.7. The third kappa shape index (κ3) is 4.34. The van der Waals surface area contributed by atoms with Crippen molar-refractivity contribution >= 4 is 28.3 Å². The van der Waals surface area contributed by atoms with Gasteiger partial charge in [-0.2, -0.15) is 13.2 Å². The molecule has 1 atom stereocenters. The lowest BCUT2D eigenvalue weighted by Crippen LogP contribution is -2.49. The smallest absolute Gasteiger partial charge is 0.314 e. The number of nitrogens with one attached hydrogen (secondary N) is 1. The average molecular weight is 360 g/mol. The minimum absolute atomic E-state index is 0. The summed E-state index contributed by atoms with van der Waals surface area (Å²) in [7, 11) is 0. The maximum Gasteiger partial charge on any atom is 0.408 e. The molecule has 0 spiro atoms. The molecule has 19 heavy (non-hydrogen) atoms. The molecule has 0 amide bonds. The Balaban J connectivity index is 0.00000180. The third-order valence-electron chi connectivity index (χ3n) is 3.01. The molecule has 2 nitrogen and oxygen atoms in total. The van der Waals surface area contributed by atoms with Crippen LogP contribution in [-0.4, -0.2) is 37.3 Å². The Kier molecular flexibility index (Phi) is 6.11. The van der Waals surface area contributed by atoms with E-state index in [-0.39, 0.29) is 12.4 Å². The summed E-state index contributed by atoms with van der Waals surface area (Å²) in [6.07, 6.45) is -4.24. The molecule has 7 heteroatoms. The van der Waals surface area contributed by atoms with Gasteiger partial charge in [0.25, 0.3) is 0 Å². The van der Waals surface area contributed by atoms with E-state index in [0.29, 0.717) is 31.7 Å². The lowest BCUT2D eigenvalue weighted by Gasteiger charge is -2.36. The fraction of sp³-hybridized carbons (Fsp3) is 0.500. The number of benzene rings is 1. The molecule has 1 aromatic carbocycles. The maximum atomic E-state index is 13.2. The number of nitrogens with zero attached hydrogens (tertiary/aromatic N) is 1. The van der Waals surface area contributed by atoms with Crippen LogP contribution >= 0.6 is 28.3 Å². The number of piperazine rings is 1. The summed E-state index contributed by atoms with van der Waals surface area (Å²) >= 11 is 3.24. The van der Waals surface area contributed by atoms with Gasteiger partial charge < -0.3 is 5.32 Å². The Morgan fingerprint density at radius 3 is 2.11 bits per heavy atom. The van der Waals surface area contributed by atoms with Crippen LogP contribution in [0, 0.1) is 0 Å². The molecule has 0 unspecified atom stereocenters. The summed E-state index contributed by atoms with van der Waals surface area (Å²) in [6.45, 7) is 2.03. The van der Waals surface area contributed by atoms with E-state index in [1.54, 1.807) is 12.1 Å². The molecule has 0 aliphatic carbocycles. The zero-order valence-corrected chi connectivity index (χ0v) is 12.5. The van der Waals surface area contributed by atoms with E-state index in [9.17, 15) is 13.2 Å². The molecular formula is C12H15BrClF3N2. The minimum Gasteiger partial charge on any atom is -0.314 e. The van der Waals surface area contributed by atoms with Crippen LogP contribution in [0.5, 0.6) is 0 Å². The van der Waals surface area contributed by atoms with Crippen LogP contribution in [0.1, 0.15) is 11.6 Å². The van der Waals surface area contributed by atoms with Crippen molar-refractivity contribution in [3.05, 3.63) is 34.3 Å². The molecule has 1 fully saturated rings. The first-order valence-corrected chi connectivity index (χ1v) is 6.55. The molecule has 1 aliphatic heterocycles. The van der Waals surface area contributed by atoms with Crippen molar-refractivity contribution in [3.8, 4) is 0 Å². The summed E-state index contributed by atoms with van der Waals surface area (Å²) in [4.78, 5) is 1.49. The fourth-order valence-electron chi connectivity index (χ4n) is 2.19. The van der Waals surface area contributed by atoms with E-state index in [1.165, 1.54) is 17.0 Å². The van der Waals surface area contributed by atoms with Crippen molar-refractivity contribution in [1.82, 2.24) is 10.2 Å². The van der Waals surface area contributed by atoms with Gasteiger partial charge in [0.05, 0.1) is 0 Å². The molecule has 1 aliphatic rings. The van der Waals surface area contributed by atoms with E-state index in [2.05, 4.69) is 21.2 Å². The van der Waals surface area contributed by atoms with E-state index in [1.807, 2.05) is 0 Å². The summed E-state index contributed by atoms with van der Waals surface area (Å²) in [5, 5.41) is 3.07. The Labute approximate surface area is 124 Å². The maximum absolute atomic E-state index is 13.2. The molecule has 2 rings (SSSR count). The minimum atomic E-state index is -4.24. The first kappa shape index (κ1) is 16.8. The van der Waals surface area contributed by atoms with E-state index in [0.717, 1.165) is 4.47 Å². The Bertz CT molecular complexity index is 391. The average Bonchev–Trinajstić information content (AvgIpc) is 2.32. The van der Waals surface area contributed by atoms with Crippen LogP contribution in [0.25, 0.3) is 0 Å². The second-order valence-corrected chi connectivity index (χ2v) is 5.20. The number of hydrogen-bond acceptors (Lipinski definition) is 2. The molecule has 108 valence electrons. The van der Waals surface area contributed by atoms with Crippen molar-refractivity contribution in [3.63, 3.8) is 0 Å². The summed E-state index contributed by atoms with van der Waals surface area (Å²) in [5.74, 6) is 0. The van der Waals surface area contributed by atoms with Crippen molar-refractivity contribution in [2.75, 3.05) is 26.2 Å². The SMILES string of the molecule is Cl.FC(F)(F)[C@@H](c1ccc(Br)cc1)N1CCNCC1. The van der Waals surface area contributed by atoms with Gasteiger partial charge in [-0.1, -0.05) is 28.1 Å². The van der Waals surface area contributed by atoms with Crippen molar-refractivity contribution in [2.45, 2.75) is 12.2 Å². The highest BCUT2D eigenvalue weighted by Crippen LogP contribution is 2.38. The van der Waals surface area contributed by atoms with Gasteiger partial charge >= 0.3 is 6.18 Å². The summed E-state index contributed by atoms with van der Waals surface area (Å²) in [5.41, 5.74) is 0.299. The highest BCUT2D eigenvalue weighted by atomic mass is 79.9. The second-order valence-electron chi connectivity index (χ2n) is 4.28. The predicted octanol–water partition coefficient (Wildman–Crippen LogP) is 3.38. The van der Waals surface area contributed by atoms with E-state index < -0.39 is 12.2 Å². The molecule has 0 radical (unpaired) electrons. The predicted molar refractivity (Wildman–Crippen MR) is 74.6 cm³/mol. The monoisotopic (exact) mass is 358 g/mol. The van der Waals surface area contributed by atoms with Gasteiger partial charge in [-0.15, -0.1) is 12.4 Å².